The third kappa shape index (κ3) is 4.95. The van der Waals surface area contributed by atoms with Crippen molar-refractivity contribution >= 4 is 17.6 Å². The zero-order valence-electron chi connectivity index (χ0n) is 15.3. The van der Waals surface area contributed by atoms with E-state index in [-0.39, 0.29) is 6.42 Å². The molecule has 1 amide bonds. The van der Waals surface area contributed by atoms with Crippen LogP contribution in [0.25, 0.3) is 0 Å². The van der Waals surface area contributed by atoms with Gasteiger partial charge in [0.15, 0.2) is 6.10 Å². The van der Waals surface area contributed by atoms with Crippen LogP contribution in [0.5, 0.6) is 0 Å². The van der Waals surface area contributed by atoms with Crippen molar-refractivity contribution < 1.29 is 14.3 Å². The first-order chi connectivity index (χ1) is 13.0. The molecule has 0 saturated carbocycles. The summed E-state index contributed by atoms with van der Waals surface area (Å²) in [5.74, 6) is -0.858. The highest BCUT2D eigenvalue weighted by Gasteiger charge is 2.19. The molecule has 0 aromatic heterocycles. The van der Waals surface area contributed by atoms with E-state index in [1.54, 1.807) is 24.3 Å². The highest BCUT2D eigenvalue weighted by atomic mass is 16.5. The van der Waals surface area contributed by atoms with Gasteiger partial charge in [0.25, 0.3) is 5.91 Å². The van der Waals surface area contributed by atoms with Crippen molar-refractivity contribution in [2.75, 3.05) is 5.32 Å². The topological polar surface area (TPSA) is 79.2 Å². The Morgan fingerprint density at radius 2 is 1.93 bits per heavy atom. The number of hydrogen-bond donors (Lipinski definition) is 1. The normalized spacial score (nSPS) is 13.8. The molecule has 1 aliphatic rings. The second-order valence-electron chi connectivity index (χ2n) is 6.80. The molecule has 0 heterocycles. The minimum atomic E-state index is -0.916. The summed E-state index contributed by atoms with van der Waals surface area (Å²) < 4.78 is 5.27. The maximum atomic E-state index is 12.2. The lowest BCUT2D eigenvalue weighted by molar-refractivity contribution is -0.152. The molecule has 5 heteroatoms. The Morgan fingerprint density at radius 3 is 2.70 bits per heavy atom. The van der Waals surface area contributed by atoms with Crippen LogP contribution in [0.3, 0.4) is 0 Å². The number of aryl methyl sites for hydroxylation is 2. The van der Waals surface area contributed by atoms with Crippen LogP contribution in [0.15, 0.2) is 42.5 Å². The summed E-state index contributed by atoms with van der Waals surface area (Å²) in [6, 6.07) is 14.7. The highest BCUT2D eigenvalue weighted by Crippen LogP contribution is 2.22. The van der Waals surface area contributed by atoms with Gasteiger partial charge in [-0.15, -0.1) is 0 Å². The lowest BCUT2D eigenvalue weighted by Crippen LogP contribution is -2.30. The van der Waals surface area contributed by atoms with E-state index in [4.69, 9.17) is 10.00 Å². The van der Waals surface area contributed by atoms with Crippen molar-refractivity contribution in [3.8, 4) is 6.07 Å². The Morgan fingerprint density at radius 1 is 1.15 bits per heavy atom. The van der Waals surface area contributed by atoms with Crippen LogP contribution in [-0.2, 0) is 33.6 Å². The number of nitrogens with zero attached hydrogens (tertiary/aromatic N) is 1. The van der Waals surface area contributed by atoms with Gasteiger partial charge in [0.2, 0.25) is 0 Å². The predicted octanol–water partition coefficient (Wildman–Crippen LogP) is 3.55. The maximum Gasteiger partial charge on any atom is 0.311 e. The van der Waals surface area contributed by atoms with Crippen molar-refractivity contribution in [3.05, 3.63) is 64.7 Å². The number of fused-ring (bicyclic) bond motifs is 1. The van der Waals surface area contributed by atoms with E-state index in [0.717, 1.165) is 18.4 Å². The SMILES string of the molecule is C[C@H](OC(=O)Cc1ccc2c(c1)CCCC2)C(=O)Nc1cccc(C#N)c1. The summed E-state index contributed by atoms with van der Waals surface area (Å²) in [4.78, 5) is 24.4. The van der Waals surface area contributed by atoms with Gasteiger partial charge in [0, 0.05) is 5.69 Å². The van der Waals surface area contributed by atoms with Gasteiger partial charge in [-0.1, -0.05) is 24.3 Å². The molecule has 0 fully saturated rings. The smallest absolute Gasteiger partial charge is 0.311 e. The van der Waals surface area contributed by atoms with E-state index < -0.39 is 18.0 Å². The summed E-state index contributed by atoms with van der Waals surface area (Å²) in [7, 11) is 0. The van der Waals surface area contributed by atoms with Crippen LogP contribution >= 0.6 is 0 Å². The predicted molar refractivity (Wildman–Crippen MR) is 102 cm³/mol. The van der Waals surface area contributed by atoms with Crippen LogP contribution in [0.1, 0.15) is 42.0 Å². The summed E-state index contributed by atoms with van der Waals surface area (Å²) in [6.07, 6.45) is 3.79. The molecule has 0 radical (unpaired) electrons. The number of nitrogens with one attached hydrogen (secondary N) is 1. The summed E-state index contributed by atoms with van der Waals surface area (Å²) >= 11 is 0. The van der Waals surface area contributed by atoms with Gasteiger partial charge in [-0.05, 0) is 67.5 Å². The Bertz CT molecular complexity index is 899. The average Bonchev–Trinajstić information content (AvgIpc) is 2.67. The molecule has 1 aliphatic carbocycles. The van der Waals surface area contributed by atoms with E-state index in [1.165, 1.54) is 30.9 Å². The van der Waals surface area contributed by atoms with Crippen LogP contribution in [-0.4, -0.2) is 18.0 Å². The Balaban J connectivity index is 1.55. The molecule has 0 saturated heterocycles. The van der Waals surface area contributed by atoms with Crippen molar-refractivity contribution in [2.45, 2.75) is 45.1 Å². The van der Waals surface area contributed by atoms with Crippen LogP contribution in [0, 0.1) is 11.3 Å². The Labute approximate surface area is 159 Å². The van der Waals surface area contributed by atoms with E-state index in [2.05, 4.69) is 17.4 Å². The lowest BCUT2D eigenvalue weighted by atomic mass is 9.90. The van der Waals surface area contributed by atoms with Crippen molar-refractivity contribution in [1.82, 2.24) is 0 Å². The number of ether oxygens (including phenoxy) is 1. The molecular formula is C22H22N2O3. The molecule has 5 nitrogen and oxygen atoms in total. The molecular weight excluding hydrogens is 340 g/mol. The first-order valence-electron chi connectivity index (χ1n) is 9.16. The molecule has 0 spiro atoms. The van der Waals surface area contributed by atoms with Crippen LogP contribution in [0.2, 0.25) is 0 Å². The van der Waals surface area contributed by atoms with Gasteiger partial charge >= 0.3 is 5.97 Å². The molecule has 0 aliphatic heterocycles. The molecule has 2 aromatic carbocycles. The maximum absolute atomic E-state index is 12.2. The summed E-state index contributed by atoms with van der Waals surface area (Å²) in [5.41, 5.74) is 4.54. The number of esters is 1. The third-order valence-corrected chi connectivity index (χ3v) is 4.70. The second kappa shape index (κ2) is 8.50. The molecule has 138 valence electrons. The van der Waals surface area contributed by atoms with Gasteiger partial charge in [-0.2, -0.15) is 5.26 Å². The van der Waals surface area contributed by atoms with Crippen molar-refractivity contribution in [1.29, 1.82) is 5.26 Å². The van der Waals surface area contributed by atoms with Crippen molar-refractivity contribution in [3.63, 3.8) is 0 Å². The quantitative estimate of drug-likeness (QED) is 0.825. The molecule has 3 rings (SSSR count). The lowest BCUT2D eigenvalue weighted by Gasteiger charge is -2.17. The molecule has 1 N–H and O–H groups in total. The largest absolute Gasteiger partial charge is 0.452 e. The molecule has 0 unspecified atom stereocenters. The fourth-order valence-corrected chi connectivity index (χ4v) is 3.27. The highest BCUT2D eigenvalue weighted by molar-refractivity contribution is 5.95. The van der Waals surface area contributed by atoms with Crippen molar-refractivity contribution in [2.24, 2.45) is 0 Å². The fraction of sp³-hybridized carbons (Fsp3) is 0.318. The van der Waals surface area contributed by atoms with Gasteiger partial charge in [0.1, 0.15) is 0 Å². The zero-order chi connectivity index (χ0) is 19.2. The zero-order valence-corrected chi connectivity index (χ0v) is 15.3. The number of benzene rings is 2. The summed E-state index contributed by atoms with van der Waals surface area (Å²) in [6.45, 7) is 1.54. The van der Waals surface area contributed by atoms with E-state index >= 15 is 0 Å². The molecule has 27 heavy (non-hydrogen) atoms. The number of rotatable bonds is 5. The van der Waals surface area contributed by atoms with Gasteiger partial charge < -0.3 is 10.1 Å². The Kier molecular flexibility index (Phi) is 5.87. The second-order valence-corrected chi connectivity index (χ2v) is 6.80. The standard InChI is InChI=1S/C22H22N2O3/c1-15(22(26)24-20-8-4-5-17(12-20)14-23)27-21(25)13-16-9-10-18-6-2-3-7-19(18)11-16/h4-5,8-12,15H,2-3,6-7,13H2,1H3,(H,24,26)/t15-/m0/s1. The number of amides is 1. The first kappa shape index (κ1) is 18.7. The molecule has 1 atom stereocenters. The van der Waals surface area contributed by atoms with Crippen LogP contribution < -0.4 is 5.32 Å². The number of hydrogen-bond acceptors (Lipinski definition) is 4. The van der Waals surface area contributed by atoms with Gasteiger partial charge in [-0.25, -0.2) is 0 Å². The number of anilines is 1. The Hall–Kier alpha value is -3.13. The van der Waals surface area contributed by atoms with E-state index in [0.29, 0.717) is 11.3 Å². The first-order valence-corrected chi connectivity index (χ1v) is 9.16. The third-order valence-electron chi connectivity index (χ3n) is 4.70. The molecule has 0 bridgehead atoms. The number of carbonyl (C=O) groups is 2. The fourth-order valence-electron chi connectivity index (χ4n) is 3.27. The minimum Gasteiger partial charge on any atom is -0.452 e. The van der Waals surface area contributed by atoms with E-state index in [1.807, 2.05) is 12.1 Å². The minimum absolute atomic E-state index is 0.148. The number of nitriles is 1. The monoisotopic (exact) mass is 362 g/mol. The van der Waals surface area contributed by atoms with Crippen LogP contribution in [0.4, 0.5) is 5.69 Å². The summed E-state index contributed by atoms with van der Waals surface area (Å²) in [5, 5.41) is 11.6. The van der Waals surface area contributed by atoms with Gasteiger partial charge in [-0.3, -0.25) is 9.59 Å². The number of carbonyl (C=O) groups excluding carboxylic acids is 2. The molecule has 2 aromatic rings. The average molecular weight is 362 g/mol. The van der Waals surface area contributed by atoms with E-state index in [9.17, 15) is 9.59 Å². The van der Waals surface area contributed by atoms with Gasteiger partial charge in [0.05, 0.1) is 18.1 Å².